The largest absolute Gasteiger partial charge is 0.494 e. The van der Waals surface area contributed by atoms with E-state index in [4.69, 9.17) is 15.5 Å². The Hall–Kier alpha value is -4.31. The van der Waals surface area contributed by atoms with Gasteiger partial charge < -0.3 is 35.1 Å². The molecule has 3 N–H and O–H groups in total. The summed E-state index contributed by atoms with van der Waals surface area (Å²) >= 11 is 0. The molecule has 198 valence electrons. The van der Waals surface area contributed by atoms with E-state index in [0.717, 1.165) is 41.8 Å². The molecule has 1 aliphatic heterocycles. The van der Waals surface area contributed by atoms with Gasteiger partial charge in [-0.05, 0) is 32.3 Å². The van der Waals surface area contributed by atoms with Crippen molar-refractivity contribution in [2.75, 3.05) is 70.9 Å². The first-order valence-corrected chi connectivity index (χ1v) is 12.6. The highest BCUT2D eigenvalue weighted by Gasteiger charge is 2.30. The molecule has 1 amide bonds. The van der Waals surface area contributed by atoms with Gasteiger partial charge in [0.25, 0.3) is 5.91 Å². The second kappa shape index (κ2) is 10.2. The van der Waals surface area contributed by atoms with E-state index in [-0.39, 0.29) is 5.91 Å². The Labute approximate surface area is 222 Å². The predicted octanol–water partition coefficient (Wildman–Crippen LogP) is 3.52. The van der Waals surface area contributed by atoms with Crippen molar-refractivity contribution in [2.45, 2.75) is 6.54 Å². The van der Waals surface area contributed by atoms with Gasteiger partial charge in [-0.25, -0.2) is 9.97 Å². The number of aromatic nitrogens is 3. The van der Waals surface area contributed by atoms with Crippen LogP contribution in [0, 0.1) is 0 Å². The normalized spacial score (nSPS) is 13.2. The number of nitrogens with zero attached hydrogens (tertiary/aromatic N) is 6. The van der Waals surface area contributed by atoms with Crippen molar-refractivity contribution >= 4 is 39.8 Å². The Bertz CT molecular complexity index is 1500. The molecule has 10 heteroatoms. The van der Waals surface area contributed by atoms with Crippen LogP contribution < -0.4 is 20.7 Å². The zero-order chi connectivity index (χ0) is 27.0. The number of anilines is 4. The van der Waals surface area contributed by atoms with Gasteiger partial charge in [-0.1, -0.05) is 18.2 Å². The maximum absolute atomic E-state index is 13.3. The number of benzene rings is 2. The van der Waals surface area contributed by atoms with Crippen molar-refractivity contribution in [2.24, 2.45) is 0 Å². The predicted molar refractivity (Wildman–Crippen MR) is 152 cm³/mol. The van der Waals surface area contributed by atoms with E-state index in [9.17, 15) is 4.79 Å². The monoisotopic (exact) mass is 514 g/mol. The smallest absolute Gasteiger partial charge is 0.271 e. The fourth-order valence-corrected chi connectivity index (χ4v) is 4.88. The number of hydrogen-bond donors (Lipinski definition) is 2. The van der Waals surface area contributed by atoms with Gasteiger partial charge in [0.05, 0.1) is 29.9 Å². The standard InChI is InChI=1S/C28H34N8O2/c1-33(2)12-13-34(3)23-17-24(38-5)21(16-19(23)29)32-28-30-11-10-20(31-28)25-18-8-6-7-9-22(18)36-15-14-35(4)27(37)26(25)36/h6-11,16-17H,12-15,29H2,1-5H3,(H,30,31,32). The summed E-state index contributed by atoms with van der Waals surface area (Å²) in [4.78, 5) is 28.5. The van der Waals surface area contributed by atoms with E-state index in [2.05, 4.69) is 24.7 Å². The number of nitrogens with two attached hydrogens (primary N) is 1. The van der Waals surface area contributed by atoms with Crippen LogP contribution in [0.1, 0.15) is 10.5 Å². The molecule has 0 atom stereocenters. The molecular weight excluding hydrogens is 480 g/mol. The van der Waals surface area contributed by atoms with Gasteiger partial charge in [0, 0.05) is 69.0 Å². The number of amides is 1. The average molecular weight is 515 g/mol. The number of fused-ring (bicyclic) bond motifs is 3. The molecule has 38 heavy (non-hydrogen) atoms. The number of ether oxygens (including phenoxy) is 1. The maximum Gasteiger partial charge on any atom is 0.271 e. The molecule has 0 radical (unpaired) electrons. The number of nitrogens with one attached hydrogen (secondary N) is 1. The number of likely N-dealkylation sites (N-methyl/N-ethyl adjacent to an activating group) is 3. The Morgan fingerprint density at radius 3 is 2.66 bits per heavy atom. The quantitative estimate of drug-likeness (QED) is 0.344. The van der Waals surface area contributed by atoms with E-state index in [1.54, 1.807) is 18.2 Å². The average Bonchev–Trinajstić information content (AvgIpc) is 3.25. The molecule has 2 aromatic carbocycles. The Morgan fingerprint density at radius 1 is 1.11 bits per heavy atom. The number of hydrogen-bond acceptors (Lipinski definition) is 8. The summed E-state index contributed by atoms with van der Waals surface area (Å²) in [7, 11) is 9.55. The molecule has 0 fully saturated rings. The van der Waals surface area contributed by atoms with Crippen LogP contribution in [-0.2, 0) is 6.54 Å². The highest BCUT2D eigenvalue weighted by molar-refractivity contribution is 6.10. The molecule has 0 spiro atoms. The molecule has 1 aliphatic rings. The summed E-state index contributed by atoms with van der Waals surface area (Å²) in [6.45, 7) is 3.12. The molecular formula is C28H34N8O2. The lowest BCUT2D eigenvalue weighted by Crippen LogP contribution is -2.37. The minimum absolute atomic E-state index is 0.0148. The molecule has 0 bridgehead atoms. The minimum atomic E-state index is -0.0148. The van der Waals surface area contributed by atoms with Gasteiger partial charge in [-0.3, -0.25) is 4.79 Å². The van der Waals surface area contributed by atoms with Gasteiger partial charge in [0.1, 0.15) is 11.4 Å². The van der Waals surface area contributed by atoms with E-state index < -0.39 is 0 Å². The fourth-order valence-electron chi connectivity index (χ4n) is 4.88. The van der Waals surface area contributed by atoms with Crippen LogP contribution in [0.2, 0.25) is 0 Å². The molecule has 10 nitrogen and oxygen atoms in total. The molecule has 0 unspecified atom stereocenters. The number of carbonyl (C=O) groups is 1. The van der Waals surface area contributed by atoms with Crippen LogP contribution in [0.15, 0.2) is 48.7 Å². The van der Waals surface area contributed by atoms with E-state index >= 15 is 0 Å². The van der Waals surface area contributed by atoms with Gasteiger partial charge in [-0.2, -0.15) is 0 Å². The number of para-hydroxylation sites is 1. The number of nitrogen functional groups attached to an aromatic ring is 1. The lowest BCUT2D eigenvalue weighted by atomic mass is 10.1. The third kappa shape index (κ3) is 4.58. The van der Waals surface area contributed by atoms with E-state index in [0.29, 0.717) is 41.0 Å². The Balaban J connectivity index is 1.52. The Morgan fingerprint density at radius 2 is 1.89 bits per heavy atom. The van der Waals surface area contributed by atoms with Crippen LogP contribution in [0.4, 0.5) is 23.0 Å². The highest BCUT2D eigenvalue weighted by Crippen LogP contribution is 2.38. The first kappa shape index (κ1) is 25.3. The molecule has 5 rings (SSSR count). The second-order valence-corrected chi connectivity index (χ2v) is 9.85. The highest BCUT2D eigenvalue weighted by atomic mass is 16.5. The van der Waals surface area contributed by atoms with Gasteiger partial charge in [0.2, 0.25) is 5.95 Å². The summed E-state index contributed by atoms with van der Waals surface area (Å²) in [5, 5.41) is 4.26. The molecule has 3 heterocycles. The van der Waals surface area contributed by atoms with Crippen molar-refractivity contribution in [1.82, 2.24) is 24.3 Å². The molecule has 2 aromatic heterocycles. The second-order valence-electron chi connectivity index (χ2n) is 9.85. The summed E-state index contributed by atoms with van der Waals surface area (Å²) in [6, 6.07) is 13.7. The molecule has 0 aliphatic carbocycles. The van der Waals surface area contributed by atoms with E-state index in [1.807, 2.05) is 70.7 Å². The van der Waals surface area contributed by atoms with Gasteiger partial charge in [-0.15, -0.1) is 0 Å². The molecule has 4 aromatic rings. The van der Waals surface area contributed by atoms with Crippen molar-refractivity contribution in [3.05, 3.63) is 54.4 Å². The lowest BCUT2D eigenvalue weighted by Gasteiger charge is -2.25. The van der Waals surface area contributed by atoms with Crippen LogP contribution in [0.25, 0.3) is 22.2 Å². The number of rotatable bonds is 8. The van der Waals surface area contributed by atoms with Crippen molar-refractivity contribution in [1.29, 1.82) is 0 Å². The van der Waals surface area contributed by atoms with Crippen molar-refractivity contribution in [3.8, 4) is 17.0 Å². The third-order valence-corrected chi connectivity index (χ3v) is 6.98. The Kier molecular flexibility index (Phi) is 6.81. The molecule has 0 saturated carbocycles. The zero-order valence-electron chi connectivity index (χ0n) is 22.5. The van der Waals surface area contributed by atoms with Gasteiger partial charge in [0.15, 0.2) is 0 Å². The number of carbonyl (C=O) groups excluding carboxylic acids is 1. The summed E-state index contributed by atoms with van der Waals surface area (Å²) in [5.41, 5.74) is 11.8. The molecule has 0 saturated heterocycles. The topological polar surface area (TPSA) is 105 Å². The summed E-state index contributed by atoms with van der Waals surface area (Å²) < 4.78 is 7.78. The van der Waals surface area contributed by atoms with Crippen molar-refractivity contribution in [3.63, 3.8) is 0 Å². The van der Waals surface area contributed by atoms with Crippen molar-refractivity contribution < 1.29 is 9.53 Å². The summed E-state index contributed by atoms with van der Waals surface area (Å²) in [6.07, 6.45) is 1.69. The van der Waals surface area contributed by atoms with E-state index in [1.165, 1.54) is 0 Å². The fraction of sp³-hybridized carbons (Fsp3) is 0.321. The van der Waals surface area contributed by atoms with Crippen LogP contribution >= 0.6 is 0 Å². The SMILES string of the molecule is COc1cc(N(C)CCN(C)C)c(N)cc1Nc1nccc(-c2c3n(c4ccccc24)CCN(C)C3=O)n1. The number of methoxy groups -OCH3 is 1. The first-order chi connectivity index (χ1) is 18.3. The first-order valence-electron chi connectivity index (χ1n) is 12.6. The maximum atomic E-state index is 13.3. The zero-order valence-corrected chi connectivity index (χ0v) is 22.5. The van der Waals surface area contributed by atoms with Crippen LogP contribution in [0.3, 0.4) is 0 Å². The van der Waals surface area contributed by atoms with Crippen LogP contribution in [0.5, 0.6) is 5.75 Å². The minimum Gasteiger partial charge on any atom is -0.494 e. The third-order valence-electron chi connectivity index (χ3n) is 6.98. The lowest BCUT2D eigenvalue weighted by molar-refractivity contribution is 0.0752. The summed E-state index contributed by atoms with van der Waals surface area (Å²) in [5.74, 6) is 0.997. The van der Waals surface area contributed by atoms with Crippen LogP contribution in [-0.4, -0.2) is 85.2 Å². The van der Waals surface area contributed by atoms with Gasteiger partial charge >= 0.3 is 0 Å².